The summed E-state index contributed by atoms with van der Waals surface area (Å²) >= 11 is 0. The number of carbonyl (C=O) groups is 1. The number of hydrogen-bond donors (Lipinski definition) is 2. The van der Waals surface area contributed by atoms with Crippen LogP contribution in [0.1, 0.15) is 16.3 Å². The Labute approximate surface area is 91.5 Å². The van der Waals surface area contributed by atoms with Crippen LogP contribution in [0.3, 0.4) is 0 Å². The molecule has 0 saturated heterocycles. The van der Waals surface area contributed by atoms with Crippen molar-refractivity contribution in [3.8, 4) is 0 Å². The van der Waals surface area contributed by atoms with E-state index in [9.17, 15) is 9.18 Å². The summed E-state index contributed by atoms with van der Waals surface area (Å²) < 4.78 is 12.9. The smallest absolute Gasteiger partial charge is 0.273 e. The molecule has 0 aliphatic heterocycles. The number of amides is 1. The van der Waals surface area contributed by atoms with E-state index in [1.54, 1.807) is 13.0 Å². The molecule has 2 aromatic rings. The molecule has 1 aromatic heterocycles. The van der Waals surface area contributed by atoms with Gasteiger partial charge in [-0.05, 0) is 25.1 Å². The Kier molecular flexibility index (Phi) is 2.68. The van der Waals surface area contributed by atoms with Gasteiger partial charge < -0.3 is 10.3 Å². The standard InChI is InChI=1S/C11H10FN3O/c1-7-13-6-10(14-7)11(16)15-9-4-2-3-8(12)5-9/h2-6H,1H3,(H,13,14)(H,15,16). The maximum absolute atomic E-state index is 12.9. The van der Waals surface area contributed by atoms with Crippen LogP contribution < -0.4 is 5.32 Å². The number of aromatic amines is 1. The highest BCUT2D eigenvalue weighted by Crippen LogP contribution is 2.10. The zero-order valence-corrected chi connectivity index (χ0v) is 8.62. The molecule has 0 radical (unpaired) electrons. The monoisotopic (exact) mass is 219 g/mol. The zero-order chi connectivity index (χ0) is 11.5. The van der Waals surface area contributed by atoms with E-state index < -0.39 is 5.82 Å². The molecule has 5 heteroatoms. The molecule has 1 heterocycles. The van der Waals surface area contributed by atoms with Crippen molar-refractivity contribution in [2.24, 2.45) is 0 Å². The van der Waals surface area contributed by atoms with Crippen LogP contribution >= 0.6 is 0 Å². The van der Waals surface area contributed by atoms with E-state index in [0.717, 1.165) is 0 Å². The SMILES string of the molecule is Cc1ncc(C(=O)Nc2cccc(F)c2)[nH]1. The Hall–Kier alpha value is -2.17. The van der Waals surface area contributed by atoms with Gasteiger partial charge in [-0.15, -0.1) is 0 Å². The van der Waals surface area contributed by atoms with Gasteiger partial charge in [0.05, 0.1) is 6.20 Å². The first kappa shape index (κ1) is 10.4. The summed E-state index contributed by atoms with van der Waals surface area (Å²) in [7, 11) is 0. The molecule has 2 rings (SSSR count). The van der Waals surface area contributed by atoms with E-state index in [-0.39, 0.29) is 5.91 Å². The molecular formula is C11H10FN3O. The van der Waals surface area contributed by atoms with Crippen molar-refractivity contribution in [1.82, 2.24) is 9.97 Å². The number of nitrogens with one attached hydrogen (secondary N) is 2. The molecule has 1 amide bonds. The highest BCUT2D eigenvalue weighted by atomic mass is 19.1. The molecule has 1 aromatic carbocycles. The number of carbonyl (C=O) groups excluding carboxylic acids is 1. The number of hydrogen-bond acceptors (Lipinski definition) is 2. The lowest BCUT2D eigenvalue weighted by Gasteiger charge is -2.02. The fourth-order valence-corrected chi connectivity index (χ4v) is 1.30. The van der Waals surface area contributed by atoms with Gasteiger partial charge in [0, 0.05) is 5.69 Å². The van der Waals surface area contributed by atoms with Crippen molar-refractivity contribution in [3.05, 3.63) is 47.8 Å². The number of benzene rings is 1. The summed E-state index contributed by atoms with van der Waals surface area (Å²) in [6.45, 7) is 1.75. The first-order valence-corrected chi connectivity index (χ1v) is 4.73. The van der Waals surface area contributed by atoms with Gasteiger partial charge in [-0.2, -0.15) is 0 Å². The molecule has 0 unspecified atom stereocenters. The molecule has 2 N–H and O–H groups in total. The summed E-state index contributed by atoms with van der Waals surface area (Å²) in [4.78, 5) is 18.3. The number of H-pyrrole nitrogens is 1. The quantitative estimate of drug-likeness (QED) is 0.812. The number of aryl methyl sites for hydroxylation is 1. The molecule has 0 atom stereocenters. The van der Waals surface area contributed by atoms with Crippen molar-refractivity contribution in [3.63, 3.8) is 0 Å². The molecule has 82 valence electrons. The van der Waals surface area contributed by atoms with E-state index in [4.69, 9.17) is 0 Å². The third kappa shape index (κ3) is 2.25. The lowest BCUT2D eigenvalue weighted by atomic mass is 10.3. The fourth-order valence-electron chi connectivity index (χ4n) is 1.30. The third-order valence-electron chi connectivity index (χ3n) is 2.03. The highest BCUT2D eigenvalue weighted by molar-refractivity contribution is 6.02. The number of imidazole rings is 1. The number of aromatic nitrogens is 2. The topological polar surface area (TPSA) is 57.8 Å². The van der Waals surface area contributed by atoms with Gasteiger partial charge >= 0.3 is 0 Å². The molecule has 0 aliphatic rings. The second-order valence-electron chi connectivity index (χ2n) is 3.35. The largest absolute Gasteiger partial charge is 0.338 e. The minimum Gasteiger partial charge on any atom is -0.338 e. The molecule has 0 spiro atoms. The van der Waals surface area contributed by atoms with Crippen LogP contribution in [0.15, 0.2) is 30.5 Å². The Balaban J connectivity index is 2.13. The van der Waals surface area contributed by atoms with Crippen LogP contribution in [0, 0.1) is 12.7 Å². The van der Waals surface area contributed by atoms with Gasteiger partial charge in [-0.25, -0.2) is 9.37 Å². The van der Waals surface area contributed by atoms with Crippen LogP contribution in [-0.2, 0) is 0 Å². The van der Waals surface area contributed by atoms with Crippen LogP contribution in [0.25, 0.3) is 0 Å². The summed E-state index contributed by atoms with van der Waals surface area (Å²) in [5, 5.41) is 2.56. The van der Waals surface area contributed by atoms with Crippen molar-refractivity contribution >= 4 is 11.6 Å². The zero-order valence-electron chi connectivity index (χ0n) is 8.62. The predicted octanol–water partition coefficient (Wildman–Crippen LogP) is 2.11. The normalized spacial score (nSPS) is 10.1. The Morgan fingerprint density at radius 2 is 2.31 bits per heavy atom. The fraction of sp³-hybridized carbons (Fsp3) is 0.0909. The Morgan fingerprint density at radius 1 is 1.50 bits per heavy atom. The van der Waals surface area contributed by atoms with E-state index in [1.165, 1.54) is 24.4 Å². The summed E-state index contributed by atoms with van der Waals surface area (Å²) in [5.74, 6) is -0.0748. The summed E-state index contributed by atoms with van der Waals surface area (Å²) in [6, 6.07) is 5.71. The molecule has 0 aliphatic carbocycles. The van der Waals surface area contributed by atoms with Gasteiger partial charge in [0.2, 0.25) is 0 Å². The first-order chi connectivity index (χ1) is 7.65. The second kappa shape index (κ2) is 4.14. The molecule has 0 bridgehead atoms. The predicted molar refractivity (Wildman–Crippen MR) is 57.7 cm³/mol. The van der Waals surface area contributed by atoms with E-state index in [0.29, 0.717) is 17.2 Å². The van der Waals surface area contributed by atoms with E-state index in [1.807, 2.05) is 0 Å². The average molecular weight is 219 g/mol. The number of halogens is 1. The molecular weight excluding hydrogens is 209 g/mol. The molecule has 0 fully saturated rings. The van der Waals surface area contributed by atoms with Crippen LogP contribution in [0.4, 0.5) is 10.1 Å². The van der Waals surface area contributed by atoms with Gasteiger partial charge in [-0.1, -0.05) is 6.07 Å². The maximum Gasteiger partial charge on any atom is 0.273 e. The van der Waals surface area contributed by atoms with Crippen LogP contribution in [0.2, 0.25) is 0 Å². The van der Waals surface area contributed by atoms with Crippen LogP contribution in [0.5, 0.6) is 0 Å². The molecule has 16 heavy (non-hydrogen) atoms. The van der Waals surface area contributed by atoms with Gasteiger partial charge in [0.1, 0.15) is 17.3 Å². The Morgan fingerprint density at radius 3 is 2.94 bits per heavy atom. The summed E-state index contributed by atoms with van der Waals surface area (Å²) in [5.41, 5.74) is 0.763. The number of rotatable bonds is 2. The minimum absolute atomic E-state index is 0.341. The van der Waals surface area contributed by atoms with Gasteiger partial charge in [0.25, 0.3) is 5.91 Å². The van der Waals surface area contributed by atoms with Crippen molar-refractivity contribution in [2.75, 3.05) is 5.32 Å². The first-order valence-electron chi connectivity index (χ1n) is 4.73. The third-order valence-corrected chi connectivity index (χ3v) is 2.03. The number of nitrogens with zero attached hydrogens (tertiary/aromatic N) is 1. The van der Waals surface area contributed by atoms with Crippen molar-refractivity contribution in [2.45, 2.75) is 6.92 Å². The Bertz CT molecular complexity index is 521. The lowest BCUT2D eigenvalue weighted by molar-refractivity contribution is 0.102. The van der Waals surface area contributed by atoms with E-state index in [2.05, 4.69) is 15.3 Å². The highest BCUT2D eigenvalue weighted by Gasteiger charge is 2.08. The number of anilines is 1. The maximum atomic E-state index is 12.9. The average Bonchev–Trinajstić information content (AvgIpc) is 2.65. The minimum atomic E-state index is -0.390. The molecule has 0 saturated carbocycles. The van der Waals surface area contributed by atoms with Crippen LogP contribution in [-0.4, -0.2) is 15.9 Å². The summed E-state index contributed by atoms with van der Waals surface area (Å²) in [6.07, 6.45) is 1.43. The molecule has 4 nitrogen and oxygen atoms in total. The van der Waals surface area contributed by atoms with Gasteiger partial charge in [-0.3, -0.25) is 4.79 Å². The van der Waals surface area contributed by atoms with Crippen molar-refractivity contribution < 1.29 is 9.18 Å². The second-order valence-corrected chi connectivity index (χ2v) is 3.35. The van der Waals surface area contributed by atoms with Crippen molar-refractivity contribution in [1.29, 1.82) is 0 Å². The lowest BCUT2D eigenvalue weighted by Crippen LogP contribution is -2.12. The van der Waals surface area contributed by atoms with E-state index >= 15 is 0 Å². The van der Waals surface area contributed by atoms with Gasteiger partial charge in [0.15, 0.2) is 0 Å².